The number of nitrogens with one attached hydrogen (secondary N) is 3. The Morgan fingerprint density at radius 3 is 2.33 bits per heavy atom. The number of ether oxygens (including phenoxy) is 2. The van der Waals surface area contributed by atoms with Gasteiger partial charge in [0.2, 0.25) is 21.8 Å². The van der Waals surface area contributed by atoms with Gasteiger partial charge in [0, 0.05) is 18.9 Å². The van der Waals surface area contributed by atoms with E-state index in [2.05, 4.69) is 21.9 Å². The van der Waals surface area contributed by atoms with E-state index in [1.165, 1.54) is 15.9 Å². The van der Waals surface area contributed by atoms with Gasteiger partial charge in [-0.05, 0) is 63.5 Å². The fourth-order valence-electron chi connectivity index (χ4n) is 6.37. The Balaban J connectivity index is 1.39. The van der Waals surface area contributed by atoms with Crippen molar-refractivity contribution in [3.8, 4) is 0 Å². The number of sulfonamides is 1. The molecule has 2 aliphatic carbocycles. The van der Waals surface area contributed by atoms with Crippen molar-refractivity contribution in [2.45, 2.75) is 108 Å². The molecule has 5 amide bonds. The Morgan fingerprint density at radius 2 is 1.73 bits per heavy atom. The van der Waals surface area contributed by atoms with Crippen LogP contribution in [0.2, 0.25) is 0 Å². The van der Waals surface area contributed by atoms with Gasteiger partial charge in [0.05, 0.1) is 17.5 Å². The van der Waals surface area contributed by atoms with E-state index in [1.54, 1.807) is 41.5 Å². The molecule has 268 valence electrons. The van der Waals surface area contributed by atoms with Crippen LogP contribution < -0.4 is 20.3 Å². The van der Waals surface area contributed by atoms with E-state index >= 15 is 0 Å². The predicted molar refractivity (Wildman–Crippen MR) is 180 cm³/mol. The number of nitrogens with zero attached hydrogens (tertiary/aromatic N) is 2. The van der Waals surface area contributed by atoms with Crippen molar-refractivity contribution in [1.82, 2.24) is 20.3 Å². The number of amides is 5. The van der Waals surface area contributed by atoms with Crippen LogP contribution in [-0.2, 0) is 40.3 Å². The smallest absolute Gasteiger partial charge is 0.414 e. The van der Waals surface area contributed by atoms with Crippen LogP contribution in [0.5, 0.6) is 0 Å². The number of alkyl carbamates (subject to hydrolysis) is 1. The van der Waals surface area contributed by atoms with Gasteiger partial charge in [0.25, 0.3) is 5.91 Å². The third-order valence-corrected chi connectivity index (χ3v) is 11.1. The van der Waals surface area contributed by atoms with E-state index in [0.29, 0.717) is 25.8 Å². The number of para-hydroxylation sites is 1. The van der Waals surface area contributed by atoms with Gasteiger partial charge in [-0.25, -0.2) is 18.0 Å². The van der Waals surface area contributed by atoms with Crippen LogP contribution in [0.1, 0.15) is 72.8 Å². The van der Waals surface area contributed by atoms with E-state index in [1.807, 2.05) is 24.3 Å². The van der Waals surface area contributed by atoms with Crippen molar-refractivity contribution in [2.24, 2.45) is 11.3 Å². The quantitative estimate of drug-likeness (QED) is 0.327. The first kappa shape index (κ1) is 36.1. The molecule has 0 spiro atoms. The van der Waals surface area contributed by atoms with Crippen LogP contribution in [0.4, 0.5) is 15.3 Å². The molecule has 5 unspecified atom stereocenters. The van der Waals surface area contributed by atoms with E-state index in [9.17, 15) is 32.4 Å². The highest BCUT2D eigenvalue weighted by Crippen LogP contribution is 2.45. The van der Waals surface area contributed by atoms with Crippen molar-refractivity contribution in [1.29, 1.82) is 0 Å². The summed E-state index contributed by atoms with van der Waals surface area (Å²) < 4.78 is 38.6. The topological polar surface area (TPSA) is 181 Å². The second kappa shape index (κ2) is 13.0. The lowest BCUT2D eigenvalue weighted by atomic mass is 9.85. The fraction of sp³-hybridized carbons (Fsp3) is 0.618. The number of rotatable bonds is 9. The standard InChI is InChI=1S/C34H47N5O9S/c1-8-21-18-34(21,29(42)37-49(45,46)23-13-14-23)36-27(40)25-17-22(47-31(44)38-16-15-20-11-9-10-12-24(20)38)19-39(25)28(41)26(32(2,3)4)35-30(43)48-33(5,6)7/h8-12,21-23,25-26H,1,13-19H2,2-7H3,(H,35,43)(H,36,40)(H,37,42). The number of fused-ring (bicyclic) bond motifs is 1. The molecule has 0 aromatic heterocycles. The van der Waals surface area contributed by atoms with Crippen LogP contribution in [0.25, 0.3) is 0 Å². The van der Waals surface area contributed by atoms with Crippen LogP contribution in [0.3, 0.4) is 0 Å². The molecule has 0 bridgehead atoms. The zero-order valence-electron chi connectivity index (χ0n) is 28.9. The average molecular weight is 702 g/mol. The summed E-state index contributed by atoms with van der Waals surface area (Å²) in [6.45, 7) is 14.3. The molecule has 2 saturated carbocycles. The second-order valence-electron chi connectivity index (χ2n) is 15.4. The van der Waals surface area contributed by atoms with Gasteiger partial charge >= 0.3 is 12.2 Å². The molecule has 1 aromatic carbocycles. The molecule has 4 aliphatic rings. The van der Waals surface area contributed by atoms with Crippen molar-refractivity contribution in [3.05, 3.63) is 42.5 Å². The Kier molecular flexibility index (Phi) is 9.56. The lowest BCUT2D eigenvalue weighted by molar-refractivity contribution is -0.143. The summed E-state index contributed by atoms with van der Waals surface area (Å²) in [6, 6.07) is 5.08. The zero-order valence-corrected chi connectivity index (χ0v) is 29.7. The molecular formula is C34H47N5O9S. The molecule has 1 saturated heterocycles. The fourth-order valence-corrected chi connectivity index (χ4v) is 7.73. The zero-order chi connectivity index (χ0) is 36.1. The number of benzene rings is 1. The van der Waals surface area contributed by atoms with Crippen LogP contribution in [0.15, 0.2) is 36.9 Å². The molecule has 5 rings (SSSR count). The predicted octanol–water partition coefficient (Wildman–Crippen LogP) is 2.76. The van der Waals surface area contributed by atoms with Crippen LogP contribution in [0, 0.1) is 11.3 Å². The summed E-state index contributed by atoms with van der Waals surface area (Å²) in [4.78, 5) is 70.8. The minimum atomic E-state index is -3.91. The molecule has 2 aliphatic heterocycles. The number of carbonyl (C=O) groups excluding carboxylic acids is 5. The summed E-state index contributed by atoms with van der Waals surface area (Å²) >= 11 is 0. The first-order valence-electron chi connectivity index (χ1n) is 16.6. The monoisotopic (exact) mass is 701 g/mol. The summed E-state index contributed by atoms with van der Waals surface area (Å²) in [5.41, 5.74) is -1.55. The molecule has 3 N–H and O–H groups in total. The highest BCUT2D eigenvalue weighted by molar-refractivity contribution is 7.91. The van der Waals surface area contributed by atoms with Crippen molar-refractivity contribution in [2.75, 3.05) is 18.0 Å². The maximum absolute atomic E-state index is 14.3. The number of carbonyl (C=O) groups is 5. The minimum Gasteiger partial charge on any atom is -0.444 e. The Labute approximate surface area is 287 Å². The Bertz CT molecular complexity index is 1650. The molecule has 14 nitrogen and oxygen atoms in total. The summed E-state index contributed by atoms with van der Waals surface area (Å²) in [7, 11) is -3.91. The third kappa shape index (κ3) is 7.86. The molecule has 2 heterocycles. The van der Waals surface area contributed by atoms with E-state index in [0.717, 1.165) is 11.3 Å². The average Bonchev–Trinajstić information content (AvgIpc) is 3.89. The number of likely N-dealkylation sites (tertiary alicyclic amines) is 1. The molecule has 15 heteroatoms. The first-order chi connectivity index (χ1) is 22.8. The third-order valence-electron chi connectivity index (χ3n) is 9.25. The SMILES string of the molecule is C=CC1CC1(NC(=O)C1CC(OC(=O)N2CCc3ccccc32)CN1C(=O)C(NC(=O)OC(C)(C)C)C(C)(C)C)C(=O)NS(=O)(=O)C1CC1. The summed E-state index contributed by atoms with van der Waals surface area (Å²) in [6.07, 6.45) is 0.680. The van der Waals surface area contributed by atoms with E-state index in [4.69, 9.17) is 9.47 Å². The van der Waals surface area contributed by atoms with Crippen molar-refractivity contribution in [3.63, 3.8) is 0 Å². The van der Waals surface area contributed by atoms with Crippen molar-refractivity contribution >= 4 is 45.6 Å². The van der Waals surface area contributed by atoms with E-state index < -0.39 is 85.8 Å². The van der Waals surface area contributed by atoms with Gasteiger partial charge < -0.3 is 25.0 Å². The molecule has 0 radical (unpaired) electrons. The lowest BCUT2D eigenvalue weighted by Gasteiger charge is -2.36. The highest BCUT2D eigenvalue weighted by atomic mass is 32.2. The van der Waals surface area contributed by atoms with Gasteiger partial charge in [0.15, 0.2) is 0 Å². The van der Waals surface area contributed by atoms with Gasteiger partial charge in [-0.3, -0.25) is 24.0 Å². The highest BCUT2D eigenvalue weighted by Gasteiger charge is 2.62. The maximum atomic E-state index is 14.3. The lowest BCUT2D eigenvalue weighted by Crippen LogP contribution is -2.60. The first-order valence-corrected chi connectivity index (χ1v) is 18.2. The number of anilines is 1. The number of hydrogen-bond donors (Lipinski definition) is 3. The van der Waals surface area contributed by atoms with Crippen LogP contribution in [-0.4, -0.2) is 90.9 Å². The number of hydrogen-bond acceptors (Lipinski definition) is 9. The Hall–Kier alpha value is -4.14. The van der Waals surface area contributed by atoms with E-state index in [-0.39, 0.29) is 19.4 Å². The molecule has 5 atom stereocenters. The maximum Gasteiger partial charge on any atom is 0.414 e. The molecular weight excluding hydrogens is 654 g/mol. The molecule has 3 fully saturated rings. The van der Waals surface area contributed by atoms with Crippen molar-refractivity contribution < 1.29 is 41.9 Å². The molecule has 1 aromatic rings. The second-order valence-corrected chi connectivity index (χ2v) is 17.4. The minimum absolute atomic E-state index is 0.0983. The van der Waals surface area contributed by atoms with Gasteiger partial charge in [-0.1, -0.05) is 45.0 Å². The Morgan fingerprint density at radius 1 is 1.06 bits per heavy atom. The molecule has 49 heavy (non-hydrogen) atoms. The van der Waals surface area contributed by atoms with Gasteiger partial charge in [-0.15, -0.1) is 6.58 Å². The summed E-state index contributed by atoms with van der Waals surface area (Å²) in [5.74, 6) is -2.76. The normalized spacial score (nSPS) is 25.5. The summed E-state index contributed by atoms with van der Waals surface area (Å²) in [5, 5.41) is 4.72. The van der Waals surface area contributed by atoms with Crippen LogP contribution >= 0.6 is 0 Å². The van der Waals surface area contributed by atoms with Gasteiger partial charge in [0.1, 0.15) is 29.3 Å². The van der Waals surface area contributed by atoms with Gasteiger partial charge in [-0.2, -0.15) is 0 Å². The largest absolute Gasteiger partial charge is 0.444 e.